The largest absolute Gasteiger partial charge is 0.353 e. The first-order valence-corrected chi connectivity index (χ1v) is 15.3. The van der Waals surface area contributed by atoms with E-state index in [1.165, 1.54) is 39.0 Å². The second-order valence-corrected chi connectivity index (χ2v) is 14.2. The first-order chi connectivity index (χ1) is 18.7. The maximum atomic E-state index is 5.43. The Labute approximate surface area is 243 Å². The monoisotopic (exact) mass is 537 g/mol. The van der Waals surface area contributed by atoms with Gasteiger partial charge in [0.2, 0.25) is 0 Å². The standard InChI is InChI=1S/C37H51N3/c1-12-13-20-40-32-19-15-18-31(38-33-29(24(2)3)16-14-17-30(33)25(4)5)34(32)39-35(40)26-21-27(36(6,7)8)23-28(22-26)37(9,10)11/h14-19,21-25,38H,12-13,20H2,1-11H3. The molecule has 0 radical (unpaired) electrons. The highest BCUT2D eigenvalue weighted by Gasteiger charge is 2.24. The third-order valence-electron chi connectivity index (χ3n) is 8.07. The van der Waals surface area contributed by atoms with Crippen LogP contribution in [0.3, 0.4) is 0 Å². The zero-order valence-corrected chi connectivity index (χ0v) is 26.9. The summed E-state index contributed by atoms with van der Waals surface area (Å²) in [6.07, 6.45) is 2.26. The molecule has 0 aliphatic rings. The third kappa shape index (κ3) is 6.14. The fourth-order valence-corrected chi connectivity index (χ4v) is 5.46. The highest BCUT2D eigenvalue weighted by molar-refractivity contribution is 5.93. The number of rotatable bonds is 8. The van der Waals surface area contributed by atoms with Gasteiger partial charge < -0.3 is 9.88 Å². The van der Waals surface area contributed by atoms with Gasteiger partial charge in [0.15, 0.2) is 0 Å². The second-order valence-electron chi connectivity index (χ2n) is 14.2. The molecule has 3 heteroatoms. The second kappa shape index (κ2) is 11.4. The fourth-order valence-electron chi connectivity index (χ4n) is 5.46. The van der Waals surface area contributed by atoms with Crippen molar-refractivity contribution in [2.24, 2.45) is 0 Å². The molecule has 3 nitrogen and oxygen atoms in total. The number of benzene rings is 3. The molecule has 0 saturated carbocycles. The van der Waals surface area contributed by atoms with Gasteiger partial charge in [-0.05, 0) is 75.6 Å². The lowest BCUT2D eigenvalue weighted by molar-refractivity contribution is 0.568. The Kier molecular flexibility index (Phi) is 8.54. The summed E-state index contributed by atoms with van der Waals surface area (Å²) in [7, 11) is 0. The molecule has 214 valence electrons. The van der Waals surface area contributed by atoms with Gasteiger partial charge in [0, 0.05) is 17.8 Å². The molecule has 3 aromatic carbocycles. The quantitative estimate of drug-likeness (QED) is 0.242. The minimum Gasteiger partial charge on any atom is -0.353 e. The summed E-state index contributed by atoms with van der Waals surface area (Å²) in [4.78, 5) is 5.43. The van der Waals surface area contributed by atoms with Crippen molar-refractivity contribution in [3.05, 3.63) is 76.9 Å². The number of para-hydroxylation sites is 2. The van der Waals surface area contributed by atoms with Gasteiger partial charge in [-0.25, -0.2) is 4.98 Å². The van der Waals surface area contributed by atoms with Crippen molar-refractivity contribution in [1.82, 2.24) is 9.55 Å². The molecule has 0 fully saturated rings. The lowest BCUT2D eigenvalue weighted by Crippen LogP contribution is -2.17. The molecule has 40 heavy (non-hydrogen) atoms. The maximum absolute atomic E-state index is 5.43. The van der Waals surface area contributed by atoms with Crippen LogP contribution in [-0.2, 0) is 17.4 Å². The Bertz CT molecular complexity index is 1410. The van der Waals surface area contributed by atoms with Gasteiger partial charge in [0.1, 0.15) is 11.3 Å². The molecule has 0 aliphatic carbocycles. The number of fused-ring (bicyclic) bond motifs is 1. The van der Waals surface area contributed by atoms with E-state index < -0.39 is 0 Å². The number of imidazole rings is 1. The van der Waals surface area contributed by atoms with Crippen LogP contribution in [0.1, 0.15) is 123 Å². The molecular weight excluding hydrogens is 486 g/mol. The van der Waals surface area contributed by atoms with E-state index in [-0.39, 0.29) is 10.8 Å². The number of anilines is 2. The van der Waals surface area contributed by atoms with Gasteiger partial charge in [-0.1, -0.05) is 113 Å². The SMILES string of the molecule is CCCCn1c(-c2cc(C(C)(C)C)cc(C(C)(C)C)c2)nc2c(Nc3c(C(C)C)cccc3C(C)C)cccc21. The third-order valence-corrected chi connectivity index (χ3v) is 8.07. The van der Waals surface area contributed by atoms with E-state index in [0.29, 0.717) is 11.8 Å². The summed E-state index contributed by atoms with van der Waals surface area (Å²) < 4.78 is 2.45. The molecule has 0 unspecified atom stereocenters. The van der Waals surface area contributed by atoms with Crippen molar-refractivity contribution in [2.45, 2.75) is 118 Å². The Hall–Kier alpha value is -3.07. The Morgan fingerprint density at radius 2 is 1.32 bits per heavy atom. The Balaban J connectivity index is 1.97. The van der Waals surface area contributed by atoms with Gasteiger partial charge in [-0.15, -0.1) is 0 Å². The molecule has 1 N–H and O–H groups in total. The number of hydrogen-bond acceptors (Lipinski definition) is 2. The van der Waals surface area contributed by atoms with Crippen LogP contribution in [0.2, 0.25) is 0 Å². The molecule has 0 aliphatic heterocycles. The van der Waals surface area contributed by atoms with E-state index in [0.717, 1.165) is 36.4 Å². The van der Waals surface area contributed by atoms with Crippen molar-refractivity contribution in [3.63, 3.8) is 0 Å². The first-order valence-electron chi connectivity index (χ1n) is 15.3. The van der Waals surface area contributed by atoms with Crippen molar-refractivity contribution >= 4 is 22.4 Å². The average Bonchev–Trinajstić information content (AvgIpc) is 3.25. The van der Waals surface area contributed by atoms with Crippen molar-refractivity contribution in [2.75, 3.05) is 5.32 Å². The molecule has 4 rings (SSSR count). The Morgan fingerprint density at radius 3 is 1.82 bits per heavy atom. The highest BCUT2D eigenvalue weighted by atomic mass is 15.1. The van der Waals surface area contributed by atoms with Crippen LogP contribution in [-0.4, -0.2) is 9.55 Å². The van der Waals surface area contributed by atoms with Crippen LogP contribution < -0.4 is 5.32 Å². The van der Waals surface area contributed by atoms with E-state index in [4.69, 9.17) is 4.98 Å². The van der Waals surface area contributed by atoms with Gasteiger partial charge in [0.25, 0.3) is 0 Å². The number of nitrogens with one attached hydrogen (secondary N) is 1. The summed E-state index contributed by atoms with van der Waals surface area (Å²) in [5, 5.41) is 3.89. The van der Waals surface area contributed by atoms with Gasteiger partial charge in [0.05, 0.1) is 11.2 Å². The summed E-state index contributed by atoms with van der Waals surface area (Å²) in [6.45, 7) is 26.1. The number of aromatic nitrogens is 2. The smallest absolute Gasteiger partial charge is 0.141 e. The van der Waals surface area contributed by atoms with Crippen molar-refractivity contribution in [3.8, 4) is 11.4 Å². The molecule has 0 amide bonds. The minimum absolute atomic E-state index is 0.0524. The molecule has 0 saturated heterocycles. The van der Waals surface area contributed by atoms with E-state index in [2.05, 4.69) is 141 Å². The van der Waals surface area contributed by atoms with Crippen LogP contribution in [0.25, 0.3) is 22.4 Å². The summed E-state index contributed by atoms with van der Waals surface area (Å²) >= 11 is 0. The molecule has 1 heterocycles. The lowest BCUT2D eigenvalue weighted by Gasteiger charge is -2.26. The predicted octanol–water partition coefficient (Wildman–Crippen LogP) is 11.1. The zero-order valence-electron chi connectivity index (χ0n) is 26.9. The summed E-state index contributed by atoms with van der Waals surface area (Å²) in [6, 6.07) is 20.5. The number of hydrogen-bond donors (Lipinski definition) is 1. The average molecular weight is 538 g/mol. The number of unbranched alkanes of at least 4 members (excludes halogenated alkanes) is 1. The minimum atomic E-state index is 0.0524. The van der Waals surface area contributed by atoms with Crippen LogP contribution >= 0.6 is 0 Å². The first kappa shape index (κ1) is 29.9. The normalized spacial score (nSPS) is 12.6. The van der Waals surface area contributed by atoms with Crippen LogP contribution in [0, 0.1) is 0 Å². The highest BCUT2D eigenvalue weighted by Crippen LogP contribution is 2.39. The summed E-state index contributed by atoms with van der Waals surface area (Å²) in [5.74, 6) is 1.92. The van der Waals surface area contributed by atoms with Gasteiger partial charge in [-0.3, -0.25) is 0 Å². The maximum Gasteiger partial charge on any atom is 0.141 e. The van der Waals surface area contributed by atoms with Gasteiger partial charge in [-0.2, -0.15) is 0 Å². The molecular formula is C37H51N3. The van der Waals surface area contributed by atoms with Crippen LogP contribution in [0.5, 0.6) is 0 Å². The Morgan fingerprint density at radius 1 is 0.775 bits per heavy atom. The fraction of sp³-hybridized carbons (Fsp3) is 0.486. The number of nitrogens with zero attached hydrogens (tertiary/aromatic N) is 2. The molecule has 0 spiro atoms. The molecule has 0 bridgehead atoms. The van der Waals surface area contributed by atoms with E-state index in [9.17, 15) is 0 Å². The van der Waals surface area contributed by atoms with Gasteiger partial charge >= 0.3 is 0 Å². The van der Waals surface area contributed by atoms with Crippen LogP contribution in [0.4, 0.5) is 11.4 Å². The molecule has 4 aromatic rings. The van der Waals surface area contributed by atoms with Crippen LogP contribution in [0.15, 0.2) is 54.6 Å². The van der Waals surface area contributed by atoms with E-state index >= 15 is 0 Å². The zero-order chi connectivity index (χ0) is 29.4. The number of aryl methyl sites for hydroxylation is 1. The topological polar surface area (TPSA) is 29.9 Å². The molecule has 0 atom stereocenters. The van der Waals surface area contributed by atoms with Crippen molar-refractivity contribution in [1.29, 1.82) is 0 Å². The van der Waals surface area contributed by atoms with E-state index in [1.54, 1.807) is 0 Å². The predicted molar refractivity (Wildman–Crippen MR) is 175 cm³/mol. The van der Waals surface area contributed by atoms with E-state index in [1.807, 2.05) is 0 Å². The summed E-state index contributed by atoms with van der Waals surface area (Å²) in [5.41, 5.74) is 11.3. The van der Waals surface area contributed by atoms with Crippen molar-refractivity contribution < 1.29 is 0 Å². The lowest BCUT2D eigenvalue weighted by atomic mass is 9.79. The molecule has 1 aromatic heterocycles.